The first-order chi connectivity index (χ1) is 12.1. The lowest BCUT2D eigenvalue weighted by Crippen LogP contribution is -2.50. The predicted octanol–water partition coefficient (Wildman–Crippen LogP) is -0.375. The van der Waals surface area contributed by atoms with Gasteiger partial charge in [-0.2, -0.15) is 0 Å². The number of rotatable bonds is 5. The van der Waals surface area contributed by atoms with Gasteiger partial charge in [0.1, 0.15) is 6.61 Å². The lowest BCUT2D eigenvalue weighted by atomic mass is 9.79. The van der Waals surface area contributed by atoms with Crippen molar-refractivity contribution in [2.24, 2.45) is 11.3 Å². The van der Waals surface area contributed by atoms with Crippen LogP contribution in [0.4, 0.5) is 0 Å². The molecule has 7 heteroatoms. The fourth-order valence-corrected chi connectivity index (χ4v) is 4.66. The van der Waals surface area contributed by atoms with Crippen molar-refractivity contribution < 1.29 is 14.3 Å². The average molecular weight is 352 g/mol. The van der Waals surface area contributed by atoms with Crippen molar-refractivity contribution in [2.75, 3.05) is 72.6 Å². The predicted molar refractivity (Wildman–Crippen MR) is 95.2 cm³/mol. The number of hydrogen-bond donors (Lipinski definition) is 1. The molecule has 0 radical (unpaired) electrons. The van der Waals surface area contributed by atoms with E-state index in [1.54, 1.807) is 0 Å². The zero-order chi connectivity index (χ0) is 17.9. The van der Waals surface area contributed by atoms with Gasteiger partial charge in [-0.1, -0.05) is 6.92 Å². The molecule has 0 aromatic rings. The number of nitrogens with one attached hydrogen (secondary N) is 1. The molecule has 3 aliphatic rings. The van der Waals surface area contributed by atoms with E-state index < -0.39 is 5.41 Å². The molecule has 3 rings (SSSR count). The van der Waals surface area contributed by atoms with Gasteiger partial charge in [-0.15, -0.1) is 0 Å². The molecule has 0 bridgehead atoms. The highest BCUT2D eigenvalue weighted by molar-refractivity contribution is 5.87. The van der Waals surface area contributed by atoms with Gasteiger partial charge < -0.3 is 24.8 Å². The van der Waals surface area contributed by atoms with E-state index in [-0.39, 0.29) is 24.3 Å². The molecule has 0 saturated carbocycles. The van der Waals surface area contributed by atoms with E-state index in [9.17, 15) is 9.59 Å². The molecule has 3 saturated heterocycles. The lowest BCUT2D eigenvalue weighted by molar-refractivity contribution is -0.142. The Bertz CT molecular complexity index is 501. The molecule has 3 fully saturated rings. The Hall–Kier alpha value is -1.18. The number of carbonyl (C=O) groups is 2. The number of methoxy groups -OCH3 is 1. The molecule has 0 aromatic heterocycles. The van der Waals surface area contributed by atoms with E-state index in [1.165, 1.54) is 7.11 Å². The smallest absolute Gasteiger partial charge is 0.248 e. The van der Waals surface area contributed by atoms with Gasteiger partial charge in [-0.05, 0) is 25.9 Å². The molecule has 2 atom stereocenters. The van der Waals surface area contributed by atoms with E-state index in [0.717, 1.165) is 52.1 Å². The Morgan fingerprint density at radius 3 is 2.80 bits per heavy atom. The summed E-state index contributed by atoms with van der Waals surface area (Å²) in [6.45, 7) is 9.77. The normalized spacial score (nSPS) is 30.4. The minimum Gasteiger partial charge on any atom is -0.375 e. The van der Waals surface area contributed by atoms with Crippen molar-refractivity contribution in [2.45, 2.75) is 19.8 Å². The Labute approximate surface area is 150 Å². The number of likely N-dealkylation sites (tertiary alicyclic amines) is 1. The van der Waals surface area contributed by atoms with Crippen molar-refractivity contribution in [1.82, 2.24) is 20.0 Å². The third-order valence-electron chi connectivity index (χ3n) is 5.99. The van der Waals surface area contributed by atoms with Gasteiger partial charge in [0.25, 0.3) is 0 Å². The average Bonchev–Trinajstić information content (AvgIpc) is 3.06. The van der Waals surface area contributed by atoms with Gasteiger partial charge in [-0.25, -0.2) is 0 Å². The van der Waals surface area contributed by atoms with Gasteiger partial charge in [0.2, 0.25) is 11.8 Å². The van der Waals surface area contributed by atoms with Crippen LogP contribution >= 0.6 is 0 Å². The summed E-state index contributed by atoms with van der Waals surface area (Å²) < 4.78 is 4.99. The van der Waals surface area contributed by atoms with Crippen LogP contribution in [-0.2, 0) is 14.3 Å². The highest BCUT2D eigenvalue weighted by Gasteiger charge is 2.56. The van der Waals surface area contributed by atoms with Crippen LogP contribution in [0.5, 0.6) is 0 Å². The Morgan fingerprint density at radius 1 is 1.20 bits per heavy atom. The monoisotopic (exact) mass is 352 g/mol. The zero-order valence-electron chi connectivity index (χ0n) is 15.6. The molecular formula is C18H32N4O3. The molecule has 0 aromatic carbocycles. The second-order valence-electron chi connectivity index (χ2n) is 7.68. The van der Waals surface area contributed by atoms with Crippen molar-refractivity contribution in [3.05, 3.63) is 0 Å². The summed E-state index contributed by atoms with van der Waals surface area (Å²) in [4.78, 5) is 32.0. The minimum atomic E-state index is -0.441. The third-order valence-corrected chi connectivity index (χ3v) is 5.99. The van der Waals surface area contributed by atoms with Gasteiger partial charge >= 0.3 is 0 Å². The number of amides is 2. The van der Waals surface area contributed by atoms with Crippen LogP contribution in [0, 0.1) is 11.3 Å². The maximum absolute atomic E-state index is 13.4. The van der Waals surface area contributed by atoms with Gasteiger partial charge in [0, 0.05) is 58.8 Å². The van der Waals surface area contributed by atoms with Gasteiger partial charge in [0.15, 0.2) is 0 Å². The fourth-order valence-electron chi connectivity index (χ4n) is 4.66. The SMILES string of the molecule is CCCN1CCCN(C(=O)[C@@]23CNC[C@@H]2CN(C(=O)COC)C3)CC1. The number of ether oxygens (including phenoxy) is 1. The maximum atomic E-state index is 13.4. The van der Waals surface area contributed by atoms with Crippen LogP contribution in [0.2, 0.25) is 0 Å². The largest absolute Gasteiger partial charge is 0.375 e. The second kappa shape index (κ2) is 8.01. The van der Waals surface area contributed by atoms with Crippen molar-refractivity contribution >= 4 is 11.8 Å². The molecule has 0 aliphatic carbocycles. The summed E-state index contributed by atoms with van der Waals surface area (Å²) in [5, 5.41) is 3.39. The number of carbonyl (C=O) groups excluding carboxylic acids is 2. The molecule has 0 spiro atoms. The Kier molecular flexibility index (Phi) is 5.96. The van der Waals surface area contributed by atoms with Crippen LogP contribution in [0.3, 0.4) is 0 Å². The quantitative estimate of drug-likeness (QED) is 0.731. The first kappa shape index (κ1) is 18.6. The third kappa shape index (κ3) is 3.68. The standard InChI is InChI=1S/C18H32N4O3/c1-3-5-20-6-4-7-21(9-8-20)17(24)18-13-19-10-15(18)11-22(14-18)16(23)12-25-2/h15,19H,3-14H2,1-2H3/t15-,18-/m1/s1. The van der Waals surface area contributed by atoms with Crippen molar-refractivity contribution in [3.8, 4) is 0 Å². The van der Waals surface area contributed by atoms with E-state index in [0.29, 0.717) is 19.6 Å². The first-order valence-electron chi connectivity index (χ1n) is 9.60. The summed E-state index contributed by atoms with van der Waals surface area (Å²) in [5.74, 6) is 0.457. The van der Waals surface area contributed by atoms with Crippen LogP contribution in [0.1, 0.15) is 19.8 Å². The molecule has 3 heterocycles. The fraction of sp³-hybridized carbons (Fsp3) is 0.889. The summed E-state index contributed by atoms with van der Waals surface area (Å²) >= 11 is 0. The van der Waals surface area contributed by atoms with Crippen molar-refractivity contribution in [1.29, 1.82) is 0 Å². The molecule has 0 unspecified atom stereocenters. The van der Waals surface area contributed by atoms with Crippen LogP contribution in [-0.4, -0.2) is 99.1 Å². The lowest BCUT2D eigenvalue weighted by Gasteiger charge is -2.33. The summed E-state index contributed by atoms with van der Waals surface area (Å²) in [5.41, 5.74) is -0.441. The zero-order valence-corrected chi connectivity index (χ0v) is 15.6. The van der Waals surface area contributed by atoms with Crippen molar-refractivity contribution in [3.63, 3.8) is 0 Å². The molecule has 1 N–H and O–H groups in total. The van der Waals surface area contributed by atoms with E-state index in [4.69, 9.17) is 4.74 Å². The van der Waals surface area contributed by atoms with E-state index in [1.807, 2.05) is 4.90 Å². The highest BCUT2D eigenvalue weighted by atomic mass is 16.5. The summed E-state index contributed by atoms with van der Waals surface area (Å²) in [6.07, 6.45) is 2.19. The van der Waals surface area contributed by atoms with Gasteiger partial charge in [-0.3, -0.25) is 9.59 Å². The second-order valence-corrected chi connectivity index (χ2v) is 7.68. The molecule has 2 amide bonds. The molecular weight excluding hydrogens is 320 g/mol. The topological polar surface area (TPSA) is 65.1 Å². The number of nitrogens with zero attached hydrogens (tertiary/aromatic N) is 3. The molecule has 3 aliphatic heterocycles. The highest BCUT2D eigenvalue weighted by Crippen LogP contribution is 2.40. The molecule has 7 nitrogen and oxygen atoms in total. The van der Waals surface area contributed by atoms with Crippen LogP contribution in [0.15, 0.2) is 0 Å². The number of hydrogen-bond acceptors (Lipinski definition) is 5. The maximum Gasteiger partial charge on any atom is 0.248 e. The first-order valence-corrected chi connectivity index (χ1v) is 9.60. The van der Waals surface area contributed by atoms with E-state index in [2.05, 4.69) is 22.0 Å². The molecule has 25 heavy (non-hydrogen) atoms. The minimum absolute atomic E-state index is 0.00550. The Morgan fingerprint density at radius 2 is 2.04 bits per heavy atom. The summed E-state index contributed by atoms with van der Waals surface area (Å²) in [7, 11) is 1.54. The van der Waals surface area contributed by atoms with Crippen LogP contribution < -0.4 is 5.32 Å². The van der Waals surface area contributed by atoms with Crippen LogP contribution in [0.25, 0.3) is 0 Å². The molecule has 142 valence electrons. The Balaban J connectivity index is 1.68. The van der Waals surface area contributed by atoms with E-state index >= 15 is 0 Å². The number of fused-ring (bicyclic) bond motifs is 1. The van der Waals surface area contributed by atoms with Gasteiger partial charge in [0.05, 0.1) is 5.41 Å². The summed E-state index contributed by atoms with van der Waals surface area (Å²) in [6, 6.07) is 0.